The van der Waals surface area contributed by atoms with Crippen LogP contribution >= 0.6 is 0 Å². The molecule has 0 bridgehead atoms. The Bertz CT molecular complexity index is 990. The summed E-state index contributed by atoms with van der Waals surface area (Å²) in [7, 11) is 0. The van der Waals surface area contributed by atoms with Gasteiger partial charge in [0.05, 0.1) is 0 Å². The number of hydrogen-bond acceptors (Lipinski definition) is 3. The molecule has 2 aromatic heterocycles. The molecule has 1 aliphatic carbocycles. The van der Waals surface area contributed by atoms with Crippen LogP contribution in [0.4, 0.5) is 5.69 Å². The molecule has 1 aromatic carbocycles. The van der Waals surface area contributed by atoms with Crippen LogP contribution < -0.4 is 5.32 Å². The predicted octanol–water partition coefficient (Wildman–Crippen LogP) is 4.54. The molecule has 0 radical (unpaired) electrons. The number of carbonyl (C=O) groups excluding carboxylic acids is 1. The molecule has 5 nitrogen and oxygen atoms in total. The van der Waals surface area contributed by atoms with Crippen molar-refractivity contribution in [3.05, 3.63) is 53.2 Å². The second-order valence-electron chi connectivity index (χ2n) is 6.67. The van der Waals surface area contributed by atoms with Gasteiger partial charge in [0.1, 0.15) is 5.52 Å². The topological polar surface area (TPSA) is 60.1 Å². The van der Waals surface area contributed by atoms with Gasteiger partial charge in [0.15, 0.2) is 11.5 Å². The first-order valence-electron chi connectivity index (χ1n) is 8.56. The van der Waals surface area contributed by atoms with Crippen LogP contribution in [0.2, 0.25) is 0 Å². The second kappa shape index (κ2) is 5.92. The summed E-state index contributed by atoms with van der Waals surface area (Å²) in [5, 5.41) is 2.88. The monoisotopic (exact) mass is 335 g/mol. The maximum atomic E-state index is 12.2. The van der Waals surface area contributed by atoms with Crippen LogP contribution in [0.5, 0.6) is 0 Å². The highest BCUT2D eigenvalue weighted by Gasteiger charge is 2.26. The Kier molecular flexibility index (Phi) is 3.71. The van der Waals surface area contributed by atoms with Crippen LogP contribution in [0.3, 0.4) is 0 Å². The highest BCUT2D eigenvalue weighted by atomic mass is 16.3. The fourth-order valence-electron chi connectivity index (χ4n) is 3.34. The zero-order valence-electron chi connectivity index (χ0n) is 14.7. The van der Waals surface area contributed by atoms with Gasteiger partial charge >= 0.3 is 0 Å². The molecule has 1 amide bonds. The van der Waals surface area contributed by atoms with E-state index in [2.05, 4.69) is 34.8 Å². The minimum Gasteiger partial charge on any atom is -0.441 e. The molecule has 5 heteroatoms. The van der Waals surface area contributed by atoms with Crippen LogP contribution in [0.15, 0.2) is 34.8 Å². The van der Waals surface area contributed by atoms with Crippen molar-refractivity contribution in [2.75, 3.05) is 5.32 Å². The normalized spacial score (nSPS) is 14.5. The van der Waals surface area contributed by atoms with E-state index in [1.807, 2.05) is 24.3 Å². The minimum atomic E-state index is -0.157. The summed E-state index contributed by atoms with van der Waals surface area (Å²) in [6, 6.07) is 8.24. The molecular weight excluding hydrogens is 314 g/mol. The number of nitrogens with zero attached hydrogens (tertiary/aromatic N) is 2. The summed E-state index contributed by atoms with van der Waals surface area (Å²) in [5.41, 5.74) is 5.75. The molecule has 0 aliphatic heterocycles. The van der Waals surface area contributed by atoms with Crippen molar-refractivity contribution >= 4 is 28.8 Å². The lowest BCUT2D eigenvalue weighted by Crippen LogP contribution is -2.07. The average molecular weight is 335 g/mol. The van der Waals surface area contributed by atoms with Crippen molar-refractivity contribution in [2.45, 2.75) is 39.7 Å². The van der Waals surface area contributed by atoms with Gasteiger partial charge in [0, 0.05) is 36.1 Å². The molecule has 3 aromatic rings. The van der Waals surface area contributed by atoms with Gasteiger partial charge in [0.2, 0.25) is 5.91 Å². The summed E-state index contributed by atoms with van der Waals surface area (Å²) < 4.78 is 7.82. The van der Waals surface area contributed by atoms with Crippen LogP contribution in [0.1, 0.15) is 41.7 Å². The van der Waals surface area contributed by atoms with Gasteiger partial charge in [-0.05, 0) is 62.6 Å². The van der Waals surface area contributed by atoms with E-state index in [4.69, 9.17) is 4.42 Å². The van der Waals surface area contributed by atoms with Crippen LogP contribution in [0, 0.1) is 20.8 Å². The van der Waals surface area contributed by atoms with E-state index in [1.165, 1.54) is 24.2 Å². The van der Waals surface area contributed by atoms with Gasteiger partial charge in [-0.2, -0.15) is 0 Å². The van der Waals surface area contributed by atoms with Gasteiger partial charge in [0.25, 0.3) is 0 Å². The first kappa shape index (κ1) is 15.7. The zero-order valence-corrected chi connectivity index (χ0v) is 14.7. The molecule has 128 valence electrons. The number of rotatable bonds is 4. The Labute approximate surface area is 146 Å². The van der Waals surface area contributed by atoms with Crippen molar-refractivity contribution in [3.8, 4) is 0 Å². The van der Waals surface area contributed by atoms with Crippen molar-refractivity contribution < 1.29 is 9.21 Å². The first-order chi connectivity index (χ1) is 12.0. The Morgan fingerprint density at radius 2 is 2.08 bits per heavy atom. The quantitative estimate of drug-likeness (QED) is 0.712. The molecule has 0 spiro atoms. The van der Waals surface area contributed by atoms with Gasteiger partial charge in [-0.3, -0.25) is 4.79 Å². The maximum absolute atomic E-state index is 12.2. The number of benzene rings is 1. The van der Waals surface area contributed by atoms with Crippen molar-refractivity contribution in [3.63, 3.8) is 0 Å². The highest BCUT2D eigenvalue weighted by Crippen LogP contribution is 2.38. The lowest BCUT2D eigenvalue weighted by atomic mass is 10.2. The maximum Gasteiger partial charge on any atom is 0.248 e. The average Bonchev–Trinajstić information content (AvgIpc) is 3.25. The lowest BCUT2D eigenvalue weighted by Gasteiger charge is -2.06. The van der Waals surface area contributed by atoms with E-state index in [0.717, 1.165) is 16.7 Å². The van der Waals surface area contributed by atoms with E-state index in [0.29, 0.717) is 17.6 Å². The fraction of sp³-hybridized carbons (Fsp3) is 0.300. The van der Waals surface area contributed by atoms with Gasteiger partial charge < -0.3 is 14.3 Å². The van der Waals surface area contributed by atoms with Crippen molar-refractivity contribution in [1.29, 1.82) is 0 Å². The molecular formula is C20H21N3O2. The van der Waals surface area contributed by atoms with E-state index in [9.17, 15) is 4.79 Å². The van der Waals surface area contributed by atoms with E-state index < -0.39 is 0 Å². The zero-order chi connectivity index (χ0) is 17.6. The largest absolute Gasteiger partial charge is 0.441 e. The smallest absolute Gasteiger partial charge is 0.248 e. The fourth-order valence-corrected chi connectivity index (χ4v) is 3.34. The SMILES string of the molecule is Cc1nc2cc(NC(=O)/C=C/c3cc(C)n(C4CC4)c3C)ccc2o1. The molecule has 1 fully saturated rings. The van der Waals surface area contributed by atoms with Crippen LogP contribution in [0.25, 0.3) is 17.2 Å². The molecule has 0 atom stereocenters. The number of anilines is 1. The summed E-state index contributed by atoms with van der Waals surface area (Å²) in [6.07, 6.45) is 5.97. The molecule has 1 aliphatic rings. The Balaban J connectivity index is 1.49. The van der Waals surface area contributed by atoms with E-state index in [1.54, 1.807) is 13.0 Å². The number of oxazole rings is 1. The lowest BCUT2D eigenvalue weighted by molar-refractivity contribution is -0.111. The third kappa shape index (κ3) is 3.09. The van der Waals surface area contributed by atoms with Crippen LogP contribution in [-0.4, -0.2) is 15.5 Å². The second-order valence-corrected chi connectivity index (χ2v) is 6.67. The number of aryl methyl sites for hydroxylation is 2. The van der Waals surface area contributed by atoms with Gasteiger partial charge in [-0.1, -0.05) is 0 Å². The Morgan fingerprint density at radius 1 is 1.28 bits per heavy atom. The molecule has 4 rings (SSSR count). The standard InChI is InChI=1S/C20H21N3O2/c1-12-10-15(13(2)23(12)17-6-7-17)4-9-20(24)22-16-5-8-19-18(11-16)21-14(3)25-19/h4-5,8-11,17H,6-7H2,1-3H3,(H,22,24)/b9-4+. The summed E-state index contributed by atoms with van der Waals surface area (Å²) >= 11 is 0. The number of fused-ring (bicyclic) bond motifs is 1. The number of amides is 1. The van der Waals surface area contributed by atoms with E-state index >= 15 is 0 Å². The summed E-state index contributed by atoms with van der Waals surface area (Å²) in [6.45, 7) is 6.04. The van der Waals surface area contributed by atoms with E-state index in [-0.39, 0.29) is 5.91 Å². The van der Waals surface area contributed by atoms with Crippen molar-refractivity contribution in [1.82, 2.24) is 9.55 Å². The predicted molar refractivity (Wildman–Crippen MR) is 98.6 cm³/mol. The third-order valence-electron chi connectivity index (χ3n) is 4.61. The number of nitrogens with one attached hydrogen (secondary N) is 1. The molecule has 1 N–H and O–H groups in total. The molecule has 25 heavy (non-hydrogen) atoms. The van der Waals surface area contributed by atoms with Crippen LogP contribution in [-0.2, 0) is 4.79 Å². The summed E-state index contributed by atoms with van der Waals surface area (Å²) in [5.74, 6) is 0.459. The highest BCUT2D eigenvalue weighted by molar-refractivity contribution is 6.02. The summed E-state index contributed by atoms with van der Waals surface area (Å²) in [4.78, 5) is 16.5. The number of hydrogen-bond donors (Lipinski definition) is 1. The first-order valence-corrected chi connectivity index (χ1v) is 8.56. The molecule has 1 saturated carbocycles. The van der Waals surface area contributed by atoms with Crippen molar-refractivity contribution in [2.24, 2.45) is 0 Å². The Morgan fingerprint density at radius 3 is 2.84 bits per heavy atom. The minimum absolute atomic E-state index is 0.157. The third-order valence-corrected chi connectivity index (χ3v) is 4.61. The number of aromatic nitrogens is 2. The molecule has 0 saturated heterocycles. The Hall–Kier alpha value is -2.82. The number of carbonyl (C=O) groups is 1. The molecule has 2 heterocycles. The van der Waals surface area contributed by atoms with Gasteiger partial charge in [-0.15, -0.1) is 0 Å². The van der Waals surface area contributed by atoms with Gasteiger partial charge in [-0.25, -0.2) is 4.98 Å². The molecule has 0 unspecified atom stereocenters.